The lowest BCUT2D eigenvalue weighted by Crippen LogP contribution is -1.97. The van der Waals surface area contributed by atoms with Gasteiger partial charge in [-0.1, -0.05) is 25.7 Å². The van der Waals surface area contributed by atoms with Crippen molar-refractivity contribution >= 4 is 11.8 Å². The van der Waals surface area contributed by atoms with Crippen LogP contribution in [0.15, 0.2) is 0 Å². The third-order valence-electron chi connectivity index (χ3n) is 3.03. The molecule has 0 atom stereocenters. The van der Waals surface area contributed by atoms with Gasteiger partial charge in [-0.2, -0.15) is 11.8 Å². The van der Waals surface area contributed by atoms with Crippen LogP contribution in [0.2, 0.25) is 0 Å². The van der Waals surface area contributed by atoms with Gasteiger partial charge in [0.05, 0.1) is 0 Å². The van der Waals surface area contributed by atoms with Crippen molar-refractivity contribution in [1.29, 1.82) is 0 Å². The summed E-state index contributed by atoms with van der Waals surface area (Å²) in [6, 6.07) is 0. The second-order valence-electron chi connectivity index (χ2n) is 4.36. The van der Waals surface area contributed by atoms with Crippen LogP contribution in [0.4, 0.5) is 0 Å². The summed E-state index contributed by atoms with van der Waals surface area (Å²) in [6.45, 7) is 0.370. The van der Waals surface area contributed by atoms with Crippen LogP contribution in [0.3, 0.4) is 0 Å². The van der Waals surface area contributed by atoms with Crippen LogP contribution >= 0.6 is 11.8 Å². The average Bonchev–Trinajstić information content (AvgIpc) is 2.69. The van der Waals surface area contributed by atoms with Crippen molar-refractivity contribution in [3.63, 3.8) is 0 Å². The Bertz CT molecular complexity index is 121. The predicted molar refractivity (Wildman–Crippen MR) is 64.8 cm³/mol. The number of aliphatic hydroxyl groups is 1. The van der Waals surface area contributed by atoms with Crippen molar-refractivity contribution in [3.05, 3.63) is 0 Å². The summed E-state index contributed by atoms with van der Waals surface area (Å²) in [7, 11) is 0. The zero-order chi connectivity index (χ0) is 10.1. The molecule has 0 bridgehead atoms. The summed E-state index contributed by atoms with van der Waals surface area (Å²) >= 11 is 2.15. The summed E-state index contributed by atoms with van der Waals surface area (Å²) in [5, 5.41) is 8.61. The zero-order valence-electron chi connectivity index (χ0n) is 9.21. The molecular weight excluding hydrogens is 192 g/mol. The highest BCUT2D eigenvalue weighted by molar-refractivity contribution is 7.99. The van der Waals surface area contributed by atoms with E-state index in [-0.39, 0.29) is 0 Å². The third-order valence-corrected chi connectivity index (χ3v) is 4.31. The van der Waals surface area contributed by atoms with Gasteiger partial charge in [0.2, 0.25) is 0 Å². The first-order valence-electron chi connectivity index (χ1n) is 6.12. The molecule has 1 aliphatic rings. The average molecular weight is 216 g/mol. The minimum absolute atomic E-state index is 0.370. The van der Waals surface area contributed by atoms with Gasteiger partial charge < -0.3 is 5.11 Å². The Morgan fingerprint density at radius 1 is 1.00 bits per heavy atom. The predicted octanol–water partition coefficient (Wildman–Crippen LogP) is 3.46. The van der Waals surface area contributed by atoms with Crippen LogP contribution in [0.5, 0.6) is 0 Å². The van der Waals surface area contributed by atoms with Gasteiger partial charge in [-0.25, -0.2) is 0 Å². The Morgan fingerprint density at radius 3 is 2.43 bits per heavy atom. The Morgan fingerprint density at radius 2 is 1.71 bits per heavy atom. The fourth-order valence-corrected chi connectivity index (χ4v) is 3.34. The molecule has 0 unspecified atom stereocenters. The molecule has 0 aromatic carbocycles. The van der Waals surface area contributed by atoms with Gasteiger partial charge in [-0.05, 0) is 43.1 Å². The lowest BCUT2D eigenvalue weighted by molar-refractivity contribution is 0.283. The maximum absolute atomic E-state index is 8.61. The maximum atomic E-state index is 8.61. The van der Waals surface area contributed by atoms with E-state index in [2.05, 4.69) is 11.8 Å². The van der Waals surface area contributed by atoms with Crippen molar-refractivity contribution in [2.45, 2.75) is 51.4 Å². The number of unbranched alkanes of at least 4 members (excludes halogenated alkanes) is 3. The number of hydrogen-bond donors (Lipinski definition) is 1. The summed E-state index contributed by atoms with van der Waals surface area (Å²) in [5.74, 6) is 3.78. The maximum Gasteiger partial charge on any atom is 0.0431 e. The number of rotatable bonds is 8. The van der Waals surface area contributed by atoms with Crippen LogP contribution in [0, 0.1) is 5.92 Å². The van der Waals surface area contributed by atoms with Crippen LogP contribution in [-0.2, 0) is 0 Å². The Balaban J connectivity index is 1.75. The lowest BCUT2D eigenvalue weighted by atomic mass is 10.1. The van der Waals surface area contributed by atoms with Crippen molar-refractivity contribution in [2.75, 3.05) is 18.1 Å². The smallest absolute Gasteiger partial charge is 0.0431 e. The summed E-state index contributed by atoms with van der Waals surface area (Å²) in [5.41, 5.74) is 0. The molecule has 0 radical (unpaired) electrons. The number of hydrogen-bond acceptors (Lipinski definition) is 2. The second kappa shape index (κ2) is 8.60. The Kier molecular flexibility index (Phi) is 7.61. The first-order chi connectivity index (χ1) is 6.93. The lowest BCUT2D eigenvalue weighted by Gasteiger charge is -2.07. The van der Waals surface area contributed by atoms with Crippen LogP contribution in [0.25, 0.3) is 0 Å². The van der Waals surface area contributed by atoms with Gasteiger partial charge >= 0.3 is 0 Å². The molecule has 0 amide bonds. The van der Waals surface area contributed by atoms with Gasteiger partial charge in [0.1, 0.15) is 0 Å². The molecule has 0 aromatic heterocycles. The van der Waals surface area contributed by atoms with Gasteiger partial charge in [-0.15, -0.1) is 0 Å². The summed E-state index contributed by atoms with van der Waals surface area (Å²) in [4.78, 5) is 0. The van der Waals surface area contributed by atoms with Gasteiger partial charge in [0.25, 0.3) is 0 Å². The molecule has 84 valence electrons. The number of thioether (sulfide) groups is 1. The van der Waals surface area contributed by atoms with E-state index in [0.717, 1.165) is 12.3 Å². The van der Waals surface area contributed by atoms with E-state index in [1.54, 1.807) is 0 Å². The standard InChI is InChI=1S/C12H24OS/c13-9-5-1-2-6-10-14-11-12-7-3-4-8-12/h12-13H,1-11H2. The van der Waals surface area contributed by atoms with E-state index in [0.29, 0.717) is 6.61 Å². The van der Waals surface area contributed by atoms with E-state index in [9.17, 15) is 0 Å². The highest BCUT2D eigenvalue weighted by atomic mass is 32.2. The van der Waals surface area contributed by atoms with Crippen molar-refractivity contribution < 1.29 is 5.11 Å². The molecule has 0 saturated heterocycles. The summed E-state index contributed by atoms with van der Waals surface area (Å²) < 4.78 is 0. The first-order valence-corrected chi connectivity index (χ1v) is 7.27. The molecule has 0 aliphatic heterocycles. The van der Waals surface area contributed by atoms with Gasteiger partial charge in [0, 0.05) is 6.61 Å². The molecular formula is C12H24OS. The summed E-state index contributed by atoms with van der Waals surface area (Å²) in [6.07, 6.45) is 10.8. The first kappa shape index (κ1) is 12.4. The van der Waals surface area contributed by atoms with E-state index >= 15 is 0 Å². The molecule has 1 saturated carbocycles. The van der Waals surface area contributed by atoms with Gasteiger partial charge in [0.15, 0.2) is 0 Å². The van der Waals surface area contributed by atoms with Crippen molar-refractivity contribution in [2.24, 2.45) is 5.92 Å². The fraction of sp³-hybridized carbons (Fsp3) is 1.00. The molecule has 2 heteroatoms. The molecule has 0 aromatic rings. The van der Waals surface area contributed by atoms with Crippen LogP contribution in [0.1, 0.15) is 51.4 Å². The largest absolute Gasteiger partial charge is 0.396 e. The highest BCUT2D eigenvalue weighted by Gasteiger charge is 2.13. The molecule has 1 nitrogen and oxygen atoms in total. The van der Waals surface area contributed by atoms with Crippen LogP contribution < -0.4 is 0 Å². The van der Waals surface area contributed by atoms with Crippen molar-refractivity contribution in [1.82, 2.24) is 0 Å². The normalized spacial score (nSPS) is 17.8. The van der Waals surface area contributed by atoms with Gasteiger partial charge in [-0.3, -0.25) is 0 Å². The monoisotopic (exact) mass is 216 g/mol. The molecule has 1 aliphatic carbocycles. The van der Waals surface area contributed by atoms with Crippen LogP contribution in [-0.4, -0.2) is 23.2 Å². The topological polar surface area (TPSA) is 20.2 Å². The Labute approximate surface area is 92.7 Å². The van der Waals surface area contributed by atoms with E-state index in [1.165, 1.54) is 56.5 Å². The van der Waals surface area contributed by atoms with E-state index in [4.69, 9.17) is 5.11 Å². The quantitative estimate of drug-likeness (QED) is 0.627. The molecule has 0 spiro atoms. The SMILES string of the molecule is OCCCCCCSCC1CCCC1. The zero-order valence-corrected chi connectivity index (χ0v) is 10.0. The molecule has 1 fully saturated rings. The van der Waals surface area contributed by atoms with Crippen molar-refractivity contribution in [3.8, 4) is 0 Å². The third kappa shape index (κ3) is 5.92. The highest BCUT2D eigenvalue weighted by Crippen LogP contribution is 2.28. The minimum atomic E-state index is 0.370. The molecule has 1 N–H and O–H groups in total. The fourth-order valence-electron chi connectivity index (χ4n) is 2.10. The minimum Gasteiger partial charge on any atom is -0.396 e. The molecule has 0 heterocycles. The van der Waals surface area contributed by atoms with E-state index < -0.39 is 0 Å². The second-order valence-corrected chi connectivity index (χ2v) is 5.51. The molecule has 1 rings (SSSR count). The Hall–Kier alpha value is 0.310. The molecule has 14 heavy (non-hydrogen) atoms. The van der Waals surface area contributed by atoms with E-state index in [1.807, 2.05) is 0 Å². The number of aliphatic hydroxyl groups excluding tert-OH is 1.